The number of methoxy groups -OCH3 is 1. The fourth-order valence-corrected chi connectivity index (χ4v) is 6.10. The molecule has 2 aromatic carbocycles. The number of oxime groups is 1. The third-order valence-corrected chi connectivity index (χ3v) is 7.86. The molecule has 1 aliphatic carbocycles. The Labute approximate surface area is 206 Å². The summed E-state index contributed by atoms with van der Waals surface area (Å²) in [5, 5.41) is 36.4. The smallest absolute Gasteiger partial charge is 0.202 e. The van der Waals surface area contributed by atoms with Gasteiger partial charge in [-0.2, -0.15) is 0 Å². The standard InChI is InChI=1S/C27H23N3O6/c1-27-11-15-19(16(10-18(27)29-35)30(27)12-13-6-8-28-9-7-13)25(33)22-21(24(15)32)23(31)14-4-3-5-17(36-2)20(14)26(22)34/h3-9,16,32-33,35H,10-12H2,1-2H3/b29-18-. The molecule has 3 aliphatic rings. The number of fused-ring (bicyclic) bond motifs is 6. The van der Waals surface area contributed by atoms with Crippen LogP contribution in [0.15, 0.2) is 47.9 Å². The summed E-state index contributed by atoms with van der Waals surface area (Å²) >= 11 is 0. The zero-order valence-corrected chi connectivity index (χ0v) is 19.6. The molecule has 2 bridgehead atoms. The lowest BCUT2D eigenvalue weighted by atomic mass is 9.76. The van der Waals surface area contributed by atoms with Crippen molar-refractivity contribution in [3.63, 3.8) is 0 Å². The molecule has 9 nitrogen and oxygen atoms in total. The monoisotopic (exact) mass is 485 g/mol. The molecule has 2 aliphatic heterocycles. The number of phenols is 2. The number of phenolic OH excluding ortho intramolecular Hbond substituents is 2. The highest BCUT2D eigenvalue weighted by atomic mass is 16.5. The van der Waals surface area contributed by atoms with Crippen LogP contribution in [0.2, 0.25) is 0 Å². The minimum atomic E-state index is -0.781. The molecule has 3 N–H and O–H groups in total. The van der Waals surface area contributed by atoms with Crippen molar-refractivity contribution in [3.05, 3.63) is 81.7 Å². The van der Waals surface area contributed by atoms with Crippen LogP contribution in [0.4, 0.5) is 0 Å². The van der Waals surface area contributed by atoms with Gasteiger partial charge < -0.3 is 20.2 Å². The first kappa shape index (κ1) is 22.2. The van der Waals surface area contributed by atoms with Gasteiger partial charge in [0.15, 0.2) is 5.78 Å². The molecule has 2 atom stereocenters. The van der Waals surface area contributed by atoms with Crippen molar-refractivity contribution in [2.45, 2.75) is 37.9 Å². The molecule has 0 saturated carbocycles. The zero-order valence-electron chi connectivity index (χ0n) is 19.6. The van der Waals surface area contributed by atoms with Gasteiger partial charge in [-0.1, -0.05) is 17.3 Å². The Bertz CT molecular complexity index is 1500. The van der Waals surface area contributed by atoms with Crippen LogP contribution in [0.1, 0.15) is 67.9 Å². The highest BCUT2D eigenvalue weighted by Gasteiger charge is 2.55. The van der Waals surface area contributed by atoms with Gasteiger partial charge in [-0.15, -0.1) is 0 Å². The van der Waals surface area contributed by atoms with Crippen molar-refractivity contribution in [2.75, 3.05) is 7.11 Å². The minimum Gasteiger partial charge on any atom is -0.507 e. The van der Waals surface area contributed by atoms with Crippen LogP contribution in [0.5, 0.6) is 17.2 Å². The molecule has 182 valence electrons. The van der Waals surface area contributed by atoms with Crippen LogP contribution in [-0.4, -0.2) is 55.2 Å². The number of aromatic nitrogens is 1. The second kappa shape index (κ2) is 7.63. The molecule has 36 heavy (non-hydrogen) atoms. The van der Waals surface area contributed by atoms with E-state index in [9.17, 15) is 25.0 Å². The van der Waals surface area contributed by atoms with Gasteiger partial charge in [0.2, 0.25) is 5.78 Å². The molecular formula is C27H23N3O6. The number of ether oxygens (including phenoxy) is 1. The summed E-state index contributed by atoms with van der Waals surface area (Å²) in [5.74, 6) is -1.57. The Hall–Kier alpha value is -4.24. The number of nitrogens with zero attached hydrogens (tertiary/aromatic N) is 3. The average molecular weight is 485 g/mol. The molecule has 0 amide bonds. The maximum absolute atomic E-state index is 13.7. The molecule has 0 radical (unpaired) electrons. The molecule has 1 saturated heterocycles. The summed E-state index contributed by atoms with van der Waals surface area (Å²) in [6, 6.07) is 7.96. The summed E-state index contributed by atoms with van der Waals surface area (Å²) in [6.07, 6.45) is 3.85. The van der Waals surface area contributed by atoms with E-state index >= 15 is 0 Å². The normalized spacial score (nSPS) is 23.4. The van der Waals surface area contributed by atoms with Gasteiger partial charge in [-0.3, -0.25) is 19.5 Å². The molecule has 3 aromatic rings. The SMILES string of the molecule is COc1cccc2c1C(=O)c1c(O)c3c(c(O)c1C2=O)CC1(C)/C(=N\O)CC3N1Cc1ccncc1. The second-order valence-electron chi connectivity index (χ2n) is 9.58. The number of pyridine rings is 1. The fraction of sp³-hybridized carbons (Fsp3) is 0.259. The van der Waals surface area contributed by atoms with Crippen molar-refractivity contribution in [1.82, 2.24) is 9.88 Å². The predicted molar refractivity (Wildman–Crippen MR) is 128 cm³/mol. The Balaban J connectivity index is 1.58. The molecule has 2 unspecified atom stereocenters. The van der Waals surface area contributed by atoms with Crippen LogP contribution < -0.4 is 4.74 Å². The first-order valence-electron chi connectivity index (χ1n) is 11.6. The van der Waals surface area contributed by atoms with Crippen molar-refractivity contribution in [3.8, 4) is 17.2 Å². The van der Waals surface area contributed by atoms with Gasteiger partial charge in [-0.25, -0.2) is 0 Å². The van der Waals surface area contributed by atoms with Crippen LogP contribution in [0.25, 0.3) is 0 Å². The molecule has 6 rings (SSSR count). The molecule has 9 heteroatoms. The minimum absolute atomic E-state index is 0.0606. The number of benzene rings is 2. The van der Waals surface area contributed by atoms with Gasteiger partial charge >= 0.3 is 0 Å². The maximum atomic E-state index is 13.7. The van der Waals surface area contributed by atoms with E-state index in [0.717, 1.165) is 5.56 Å². The Morgan fingerprint density at radius 3 is 2.50 bits per heavy atom. The van der Waals surface area contributed by atoms with Gasteiger partial charge in [0.05, 0.1) is 35.1 Å². The lowest BCUT2D eigenvalue weighted by Gasteiger charge is -2.44. The topological polar surface area (TPSA) is 133 Å². The molecule has 1 fully saturated rings. The van der Waals surface area contributed by atoms with E-state index in [2.05, 4.69) is 15.0 Å². The summed E-state index contributed by atoms with van der Waals surface area (Å²) in [7, 11) is 1.40. The van der Waals surface area contributed by atoms with E-state index in [1.54, 1.807) is 24.5 Å². The first-order valence-corrected chi connectivity index (χ1v) is 11.6. The molecular weight excluding hydrogens is 462 g/mol. The third kappa shape index (κ3) is 2.74. The highest BCUT2D eigenvalue weighted by Crippen LogP contribution is 2.56. The van der Waals surface area contributed by atoms with Gasteiger partial charge in [0, 0.05) is 54.5 Å². The largest absolute Gasteiger partial charge is 0.507 e. The van der Waals surface area contributed by atoms with E-state index < -0.39 is 23.1 Å². The van der Waals surface area contributed by atoms with Crippen molar-refractivity contribution in [2.24, 2.45) is 5.16 Å². The van der Waals surface area contributed by atoms with Crippen LogP contribution in [0.3, 0.4) is 0 Å². The lowest BCUT2D eigenvalue weighted by molar-refractivity contribution is 0.0961. The summed E-state index contributed by atoms with van der Waals surface area (Å²) in [6.45, 7) is 2.37. The predicted octanol–water partition coefficient (Wildman–Crippen LogP) is 3.37. The maximum Gasteiger partial charge on any atom is 0.202 e. The van der Waals surface area contributed by atoms with Crippen molar-refractivity contribution < 1.29 is 29.7 Å². The highest BCUT2D eigenvalue weighted by molar-refractivity contribution is 6.31. The number of hydrogen-bond donors (Lipinski definition) is 3. The van der Waals surface area contributed by atoms with Gasteiger partial charge in [-0.05, 0) is 30.7 Å². The van der Waals surface area contributed by atoms with Crippen molar-refractivity contribution >= 4 is 17.3 Å². The zero-order chi connectivity index (χ0) is 25.4. The summed E-state index contributed by atoms with van der Waals surface area (Å²) in [4.78, 5) is 33.3. The van der Waals surface area contributed by atoms with Gasteiger partial charge in [0.1, 0.15) is 17.2 Å². The Kier molecular flexibility index (Phi) is 4.71. The van der Waals surface area contributed by atoms with E-state index in [1.165, 1.54) is 13.2 Å². The van der Waals surface area contributed by atoms with E-state index in [-0.39, 0.29) is 45.9 Å². The lowest BCUT2D eigenvalue weighted by Crippen LogP contribution is -2.50. The number of carbonyl (C=O) groups is 2. The molecule has 0 spiro atoms. The number of hydrogen-bond acceptors (Lipinski definition) is 9. The Morgan fingerprint density at radius 2 is 1.81 bits per heavy atom. The first-order chi connectivity index (χ1) is 17.3. The second-order valence-corrected chi connectivity index (χ2v) is 9.58. The quantitative estimate of drug-likeness (QED) is 0.229. The number of aromatic hydroxyl groups is 2. The number of carbonyl (C=O) groups excluding carboxylic acids is 2. The molecule has 1 aromatic heterocycles. The van der Waals surface area contributed by atoms with Crippen LogP contribution in [-0.2, 0) is 13.0 Å². The fourth-order valence-electron chi connectivity index (χ4n) is 6.10. The van der Waals surface area contributed by atoms with Crippen LogP contribution >= 0.6 is 0 Å². The Morgan fingerprint density at radius 1 is 1.08 bits per heavy atom. The van der Waals surface area contributed by atoms with Crippen LogP contribution in [0, 0.1) is 0 Å². The van der Waals surface area contributed by atoms with E-state index in [1.807, 2.05) is 19.1 Å². The van der Waals surface area contributed by atoms with Gasteiger partial charge in [0.25, 0.3) is 0 Å². The molecule has 3 heterocycles. The summed E-state index contributed by atoms with van der Waals surface area (Å²) < 4.78 is 5.33. The number of ketones is 2. The van der Waals surface area contributed by atoms with E-state index in [4.69, 9.17) is 4.74 Å². The third-order valence-electron chi connectivity index (χ3n) is 7.86. The average Bonchev–Trinajstić information content (AvgIpc) is 3.06. The summed E-state index contributed by atoms with van der Waals surface area (Å²) in [5.41, 5.74) is 1.19. The number of rotatable bonds is 3. The van der Waals surface area contributed by atoms with E-state index in [0.29, 0.717) is 29.8 Å². The van der Waals surface area contributed by atoms with Crippen molar-refractivity contribution in [1.29, 1.82) is 0 Å².